The maximum Gasteiger partial charge on any atom is 0.306 e. The molecule has 0 fully saturated rings. The van der Waals surface area contributed by atoms with E-state index in [1.54, 1.807) is 0 Å². The van der Waals surface area contributed by atoms with Gasteiger partial charge in [0.2, 0.25) is 0 Å². The fraction of sp³-hybridized carbons (Fsp3) is 0.776. The summed E-state index contributed by atoms with van der Waals surface area (Å²) in [7, 11) is 0. The lowest BCUT2D eigenvalue weighted by Gasteiger charge is -2.18. The molecule has 0 aromatic heterocycles. The lowest BCUT2D eigenvalue weighted by molar-refractivity contribution is -0.167. The van der Waals surface area contributed by atoms with Gasteiger partial charge in [-0.1, -0.05) is 191 Å². The Balaban J connectivity index is 4.38. The summed E-state index contributed by atoms with van der Waals surface area (Å²) < 4.78 is 16.7. The van der Waals surface area contributed by atoms with Gasteiger partial charge in [-0.3, -0.25) is 14.4 Å². The topological polar surface area (TPSA) is 78.9 Å². The average Bonchev–Trinajstić information content (AvgIpc) is 3.18. The molecule has 6 nitrogen and oxygen atoms in total. The highest BCUT2D eigenvalue weighted by atomic mass is 16.6. The van der Waals surface area contributed by atoms with Gasteiger partial charge in [0.1, 0.15) is 13.2 Å². The number of carbonyl (C=O) groups is 3. The molecular weight excluding hydrogens is 685 g/mol. The number of esters is 3. The van der Waals surface area contributed by atoms with E-state index in [4.69, 9.17) is 14.2 Å². The summed E-state index contributed by atoms with van der Waals surface area (Å²) in [6.45, 7) is 6.45. The Bertz CT molecular complexity index is 980. The highest BCUT2D eigenvalue weighted by Crippen LogP contribution is 2.14. The third-order valence-electron chi connectivity index (χ3n) is 9.88. The molecule has 6 heteroatoms. The van der Waals surface area contributed by atoms with Gasteiger partial charge in [0.25, 0.3) is 0 Å². The minimum Gasteiger partial charge on any atom is -0.462 e. The molecule has 0 aliphatic carbocycles. The highest BCUT2D eigenvalue weighted by Gasteiger charge is 2.19. The predicted octanol–water partition coefficient (Wildman–Crippen LogP) is 14.8. The number of ether oxygens (including phenoxy) is 3. The van der Waals surface area contributed by atoms with Crippen molar-refractivity contribution in [3.8, 4) is 0 Å². The summed E-state index contributed by atoms with van der Waals surface area (Å²) in [5.41, 5.74) is 0. The van der Waals surface area contributed by atoms with E-state index < -0.39 is 6.10 Å². The fourth-order valence-corrected chi connectivity index (χ4v) is 6.38. The van der Waals surface area contributed by atoms with E-state index in [2.05, 4.69) is 69.4 Å². The quantitative estimate of drug-likeness (QED) is 0.0202. The van der Waals surface area contributed by atoms with E-state index in [1.807, 2.05) is 0 Å². The molecular formula is C49H86O6. The van der Waals surface area contributed by atoms with Crippen LogP contribution in [0.4, 0.5) is 0 Å². The van der Waals surface area contributed by atoms with Gasteiger partial charge in [-0.15, -0.1) is 0 Å². The predicted molar refractivity (Wildman–Crippen MR) is 233 cm³/mol. The van der Waals surface area contributed by atoms with Crippen molar-refractivity contribution in [2.75, 3.05) is 13.2 Å². The molecule has 318 valence electrons. The van der Waals surface area contributed by atoms with Gasteiger partial charge in [0, 0.05) is 19.3 Å². The Morgan fingerprint density at radius 2 is 0.727 bits per heavy atom. The lowest BCUT2D eigenvalue weighted by Crippen LogP contribution is -2.30. The van der Waals surface area contributed by atoms with Crippen LogP contribution in [0.2, 0.25) is 0 Å². The zero-order valence-corrected chi connectivity index (χ0v) is 36.2. The molecule has 0 aliphatic rings. The third kappa shape index (κ3) is 42.4. The van der Waals surface area contributed by atoms with Crippen LogP contribution >= 0.6 is 0 Å². The average molecular weight is 771 g/mol. The second-order valence-electron chi connectivity index (χ2n) is 15.3. The first kappa shape index (κ1) is 52.4. The van der Waals surface area contributed by atoms with Crippen molar-refractivity contribution in [2.45, 2.75) is 232 Å². The van der Waals surface area contributed by atoms with Gasteiger partial charge in [-0.2, -0.15) is 0 Å². The molecule has 1 unspecified atom stereocenters. The minimum atomic E-state index is -0.777. The zero-order valence-electron chi connectivity index (χ0n) is 36.2. The van der Waals surface area contributed by atoms with Crippen LogP contribution < -0.4 is 0 Å². The van der Waals surface area contributed by atoms with Gasteiger partial charge in [-0.25, -0.2) is 0 Å². The number of unbranched alkanes of at least 4 members (excludes halogenated alkanes) is 24. The second-order valence-corrected chi connectivity index (χ2v) is 15.3. The fourth-order valence-electron chi connectivity index (χ4n) is 6.38. The van der Waals surface area contributed by atoms with Crippen molar-refractivity contribution in [1.82, 2.24) is 0 Å². The maximum atomic E-state index is 12.7. The summed E-state index contributed by atoms with van der Waals surface area (Å²) in [5.74, 6) is -0.902. The monoisotopic (exact) mass is 771 g/mol. The Labute approximate surface area is 339 Å². The molecule has 55 heavy (non-hydrogen) atoms. The normalized spacial score (nSPS) is 12.4. The summed E-state index contributed by atoms with van der Waals surface area (Å²) in [5, 5.41) is 0. The number of carbonyl (C=O) groups excluding carboxylic acids is 3. The van der Waals surface area contributed by atoms with Crippen molar-refractivity contribution in [3.63, 3.8) is 0 Å². The minimum absolute atomic E-state index is 0.0790. The molecule has 0 aliphatic heterocycles. The standard InChI is InChI=1S/C49H86O6/c1-4-7-10-13-16-19-22-24-25-26-28-30-33-36-39-42-48(51)54-45-46(44-53-47(50)41-38-35-32-29-21-18-15-12-9-6-3)55-49(52)43-40-37-34-31-27-23-20-17-14-11-8-5-2/h7,10,13,16-17,19-20,22,46H,4-6,8-9,11-12,14-15,18,21,23-45H2,1-3H3/b10-7-,16-13-,20-17-,22-19-. The smallest absolute Gasteiger partial charge is 0.306 e. The van der Waals surface area contributed by atoms with Crippen LogP contribution in [0, 0.1) is 0 Å². The molecule has 0 rings (SSSR count). The van der Waals surface area contributed by atoms with Crippen molar-refractivity contribution in [1.29, 1.82) is 0 Å². The molecule has 0 radical (unpaired) electrons. The zero-order chi connectivity index (χ0) is 40.1. The van der Waals surface area contributed by atoms with Gasteiger partial charge in [-0.05, 0) is 64.2 Å². The summed E-state index contributed by atoms with van der Waals surface area (Å²) >= 11 is 0. The van der Waals surface area contributed by atoms with Gasteiger partial charge >= 0.3 is 17.9 Å². The van der Waals surface area contributed by atoms with E-state index in [9.17, 15) is 14.4 Å². The van der Waals surface area contributed by atoms with Crippen molar-refractivity contribution in [2.24, 2.45) is 0 Å². The molecule has 0 saturated carbocycles. The van der Waals surface area contributed by atoms with Crippen LogP contribution in [-0.2, 0) is 28.6 Å². The number of hydrogen-bond donors (Lipinski definition) is 0. The first-order valence-electron chi connectivity index (χ1n) is 23.2. The van der Waals surface area contributed by atoms with Gasteiger partial charge in [0.05, 0.1) is 0 Å². The van der Waals surface area contributed by atoms with Gasteiger partial charge in [0.15, 0.2) is 6.10 Å². The number of allylic oxidation sites excluding steroid dienone is 8. The Hall–Kier alpha value is -2.63. The molecule has 0 aromatic carbocycles. The Kier molecular flexibility index (Phi) is 42.0. The first-order valence-corrected chi connectivity index (χ1v) is 23.2. The van der Waals surface area contributed by atoms with Crippen LogP contribution in [0.25, 0.3) is 0 Å². The SMILES string of the molecule is CC\C=C/C=C\C=C/CCCCCCCCCC(=O)OCC(COC(=O)CCCCCCCCCCCC)OC(=O)CCCCCCC/C=C\CCCCC. The van der Waals surface area contributed by atoms with E-state index in [-0.39, 0.29) is 31.1 Å². The molecule has 0 spiro atoms. The van der Waals surface area contributed by atoms with Gasteiger partial charge < -0.3 is 14.2 Å². The molecule has 0 aromatic rings. The Morgan fingerprint density at radius 3 is 1.18 bits per heavy atom. The van der Waals surface area contributed by atoms with Crippen LogP contribution in [0.5, 0.6) is 0 Å². The third-order valence-corrected chi connectivity index (χ3v) is 9.88. The molecule has 1 atom stereocenters. The van der Waals surface area contributed by atoms with Crippen molar-refractivity contribution < 1.29 is 28.6 Å². The summed E-state index contributed by atoms with van der Waals surface area (Å²) in [6.07, 6.45) is 50.9. The van der Waals surface area contributed by atoms with E-state index in [1.165, 1.54) is 103 Å². The number of hydrogen-bond acceptors (Lipinski definition) is 6. The molecule has 0 N–H and O–H groups in total. The second kappa shape index (κ2) is 44.1. The van der Waals surface area contributed by atoms with Crippen LogP contribution in [-0.4, -0.2) is 37.2 Å². The summed E-state index contributed by atoms with van der Waals surface area (Å²) in [4.78, 5) is 37.7. The van der Waals surface area contributed by atoms with Crippen molar-refractivity contribution in [3.05, 3.63) is 48.6 Å². The number of rotatable bonds is 41. The molecule has 0 bridgehead atoms. The molecule has 0 saturated heterocycles. The van der Waals surface area contributed by atoms with Crippen molar-refractivity contribution >= 4 is 17.9 Å². The van der Waals surface area contributed by atoms with E-state index in [0.29, 0.717) is 19.3 Å². The first-order chi connectivity index (χ1) is 27.0. The lowest BCUT2D eigenvalue weighted by atomic mass is 10.1. The molecule has 0 amide bonds. The summed E-state index contributed by atoms with van der Waals surface area (Å²) in [6, 6.07) is 0. The van der Waals surface area contributed by atoms with Crippen LogP contribution in [0.3, 0.4) is 0 Å². The largest absolute Gasteiger partial charge is 0.462 e. The maximum absolute atomic E-state index is 12.7. The van der Waals surface area contributed by atoms with Crippen LogP contribution in [0.15, 0.2) is 48.6 Å². The van der Waals surface area contributed by atoms with Crippen LogP contribution in [0.1, 0.15) is 226 Å². The van der Waals surface area contributed by atoms with E-state index >= 15 is 0 Å². The van der Waals surface area contributed by atoms with E-state index in [0.717, 1.165) is 83.5 Å². The highest BCUT2D eigenvalue weighted by molar-refractivity contribution is 5.71. The Morgan fingerprint density at radius 1 is 0.382 bits per heavy atom. The molecule has 0 heterocycles.